The monoisotopic (exact) mass is 301 g/mol. The van der Waals surface area contributed by atoms with Gasteiger partial charge in [-0.05, 0) is 43.9 Å². The molecule has 1 atom stereocenters. The third kappa shape index (κ3) is 3.34. The molecule has 1 amide bonds. The van der Waals surface area contributed by atoms with E-state index in [0.717, 1.165) is 25.7 Å². The third-order valence-electron chi connectivity index (χ3n) is 3.52. The van der Waals surface area contributed by atoms with Gasteiger partial charge in [0.25, 0.3) is 5.91 Å². The highest BCUT2D eigenvalue weighted by Crippen LogP contribution is 2.27. The molecule has 0 aromatic heterocycles. The van der Waals surface area contributed by atoms with Crippen molar-refractivity contribution in [3.05, 3.63) is 28.8 Å². The first kappa shape index (κ1) is 14.5. The molecule has 1 heterocycles. The SMILES string of the molecule is O=C(c1cc(Cl)ccc1O)N1CCCCC1CCCl. The Hall–Kier alpha value is -0.930. The molecule has 0 radical (unpaired) electrons. The molecule has 5 heteroatoms. The molecule has 1 fully saturated rings. The summed E-state index contributed by atoms with van der Waals surface area (Å²) in [5.41, 5.74) is 0.272. The fourth-order valence-corrected chi connectivity index (χ4v) is 2.95. The molecule has 1 saturated heterocycles. The molecule has 1 aliphatic heterocycles. The number of hydrogen-bond acceptors (Lipinski definition) is 2. The molecule has 0 bridgehead atoms. The van der Waals surface area contributed by atoms with Crippen LogP contribution in [0.25, 0.3) is 0 Å². The zero-order valence-electron chi connectivity index (χ0n) is 10.6. The molecular formula is C14H17Cl2NO2. The minimum atomic E-state index is -0.158. The quantitative estimate of drug-likeness (QED) is 0.865. The molecule has 0 spiro atoms. The van der Waals surface area contributed by atoms with E-state index in [2.05, 4.69) is 0 Å². The van der Waals surface area contributed by atoms with Crippen molar-refractivity contribution in [1.82, 2.24) is 4.90 Å². The Labute approximate surface area is 123 Å². The number of nitrogens with zero attached hydrogens (tertiary/aromatic N) is 1. The van der Waals surface area contributed by atoms with E-state index in [-0.39, 0.29) is 23.3 Å². The number of carbonyl (C=O) groups is 1. The Balaban J connectivity index is 2.23. The summed E-state index contributed by atoms with van der Waals surface area (Å²) in [5, 5.41) is 10.3. The number of alkyl halides is 1. The number of likely N-dealkylation sites (tertiary alicyclic amines) is 1. The second-order valence-corrected chi connectivity index (χ2v) is 5.60. The predicted octanol–water partition coefficient (Wildman–Crippen LogP) is 3.67. The van der Waals surface area contributed by atoms with E-state index in [1.807, 2.05) is 4.90 Å². The van der Waals surface area contributed by atoms with E-state index >= 15 is 0 Å². The number of hydrogen-bond donors (Lipinski definition) is 1. The van der Waals surface area contributed by atoms with Crippen LogP contribution in [0.3, 0.4) is 0 Å². The Morgan fingerprint density at radius 3 is 2.95 bits per heavy atom. The molecule has 0 aliphatic carbocycles. The summed E-state index contributed by atoms with van der Waals surface area (Å²) in [6.07, 6.45) is 3.87. The summed E-state index contributed by atoms with van der Waals surface area (Å²) in [5.74, 6) is 0.357. The first-order valence-electron chi connectivity index (χ1n) is 6.49. The van der Waals surface area contributed by atoms with Crippen LogP contribution in [0, 0.1) is 0 Å². The van der Waals surface area contributed by atoms with Crippen LogP contribution < -0.4 is 0 Å². The van der Waals surface area contributed by atoms with Crippen LogP contribution in [-0.2, 0) is 0 Å². The second kappa shape index (κ2) is 6.49. The largest absolute Gasteiger partial charge is 0.507 e. The number of aromatic hydroxyl groups is 1. The van der Waals surface area contributed by atoms with Crippen molar-refractivity contribution in [3.8, 4) is 5.75 Å². The van der Waals surface area contributed by atoms with Gasteiger partial charge in [0.05, 0.1) is 5.56 Å². The van der Waals surface area contributed by atoms with Crippen molar-refractivity contribution < 1.29 is 9.90 Å². The van der Waals surface area contributed by atoms with E-state index in [9.17, 15) is 9.90 Å². The van der Waals surface area contributed by atoms with Gasteiger partial charge in [-0.2, -0.15) is 0 Å². The molecule has 1 aromatic rings. The fourth-order valence-electron chi connectivity index (χ4n) is 2.53. The average Bonchev–Trinajstić information content (AvgIpc) is 2.42. The fraction of sp³-hybridized carbons (Fsp3) is 0.500. The number of phenols is 1. The predicted molar refractivity (Wildman–Crippen MR) is 77.1 cm³/mol. The number of rotatable bonds is 3. The van der Waals surface area contributed by atoms with Gasteiger partial charge in [-0.15, -0.1) is 11.6 Å². The van der Waals surface area contributed by atoms with E-state index in [1.165, 1.54) is 12.1 Å². The van der Waals surface area contributed by atoms with Crippen molar-refractivity contribution in [3.63, 3.8) is 0 Å². The van der Waals surface area contributed by atoms with Gasteiger partial charge in [-0.1, -0.05) is 11.6 Å². The number of halogens is 2. The average molecular weight is 302 g/mol. The van der Waals surface area contributed by atoms with Gasteiger partial charge in [-0.3, -0.25) is 4.79 Å². The van der Waals surface area contributed by atoms with Gasteiger partial charge < -0.3 is 10.0 Å². The van der Waals surface area contributed by atoms with Crippen molar-refractivity contribution >= 4 is 29.1 Å². The van der Waals surface area contributed by atoms with Crippen molar-refractivity contribution in [2.45, 2.75) is 31.7 Å². The minimum absolute atomic E-state index is 0.0235. The molecule has 1 unspecified atom stereocenters. The van der Waals surface area contributed by atoms with E-state index < -0.39 is 0 Å². The van der Waals surface area contributed by atoms with E-state index in [4.69, 9.17) is 23.2 Å². The molecule has 1 aromatic carbocycles. The van der Waals surface area contributed by atoms with Crippen molar-refractivity contribution in [1.29, 1.82) is 0 Å². The molecule has 1 aliphatic rings. The molecule has 0 saturated carbocycles. The lowest BCUT2D eigenvalue weighted by Crippen LogP contribution is -2.44. The highest BCUT2D eigenvalue weighted by atomic mass is 35.5. The Morgan fingerprint density at radius 1 is 1.42 bits per heavy atom. The third-order valence-corrected chi connectivity index (χ3v) is 3.97. The highest BCUT2D eigenvalue weighted by molar-refractivity contribution is 6.31. The van der Waals surface area contributed by atoms with E-state index in [0.29, 0.717) is 17.4 Å². The number of phenolic OH excluding ortho intramolecular Hbond substituents is 1. The molecule has 2 rings (SSSR count). The number of piperidine rings is 1. The lowest BCUT2D eigenvalue weighted by molar-refractivity contribution is 0.0606. The smallest absolute Gasteiger partial charge is 0.257 e. The van der Waals surface area contributed by atoms with Crippen molar-refractivity contribution in [2.24, 2.45) is 0 Å². The summed E-state index contributed by atoms with van der Waals surface area (Å²) in [4.78, 5) is 14.3. The summed E-state index contributed by atoms with van der Waals surface area (Å²) in [6.45, 7) is 0.715. The summed E-state index contributed by atoms with van der Waals surface area (Å²) >= 11 is 11.7. The summed E-state index contributed by atoms with van der Waals surface area (Å²) in [7, 11) is 0. The Bertz CT molecular complexity index is 463. The van der Waals surface area contributed by atoms with Crippen molar-refractivity contribution in [2.75, 3.05) is 12.4 Å². The van der Waals surface area contributed by atoms with Crippen LogP contribution in [-0.4, -0.2) is 34.4 Å². The highest BCUT2D eigenvalue weighted by Gasteiger charge is 2.28. The van der Waals surface area contributed by atoms with Crippen LogP contribution in [0.2, 0.25) is 5.02 Å². The minimum Gasteiger partial charge on any atom is -0.507 e. The normalized spacial score (nSPS) is 19.5. The zero-order chi connectivity index (χ0) is 13.8. The number of benzene rings is 1. The molecule has 19 heavy (non-hydrogen) atoms. The second-order valence-electron chi connectivity index (χ2n) is 4.79. The molecule has 1 N–H and O–H groups in total. The first-order chi connectivity index (χ1) is 9.13. The molecule has 3 nitrogen and oxygen atoms in total. The Kier molecular flexibility index (Phi) is 4.94. The van der Waals surface area contributed by atoms with Gasteiger partial charge in [0.1, 0.15) is 5.75 Å². The lowest BCUT2D eigenvalue weighted by atomic mass is 9.98. The van der Waals surface area contributed by atoms with Crippen LogP contribution in [0.4, 0.5) is 0 Å². The maximum absolute atomic E-state index is 12.5. The van der Waals surface area contributed by atoms with Gasteiger partial charge in [0, 0.05) is 23.5 Å². The first-order valence-corrected chi connectivity index (χ1v) is 7.40. The molecule has 104 valence electrons. The molecular weight excluding hydrogens is 285 g/mol. The standard InChI is InChI=1S/C14H17Cl2NO2/c15-7-6-11-3-1-2-8-17(11)14(19)12-9-10(16)4-5-13(12)18/h4-5,9,11,18H,1-3,6-8H2. The van der Waals surface area contributed by atoms with Gasteiger partial charge in [-0.25, -0.2) is 0 Å². The lowest BCUT2D eigenvalue weighted by Gasteiger charge is -2.35. The zero-order valence-corrected chi connectivity index (χ0v) is 12.1. The van der Waals surface area contributed by atoms with Crippen LogP contribution in [0.5, 0.6) is 5.75 Å². The van der Waals surface area contributed by atoms with Gasteiger partial charge in [0.2, 0.25) is 0 Å². The number of amides is 1. The van der Waals surface area contributed by atoms with E-state index in [1.54, 1.807) is 6.07 Å². The van der Waals surface area contributed by atoms with Crippen LogP contribution >= 0.6 is 23.2 Å². The number of carbonyl (C=O) groups excluding carboxylic acids is 1. The van der Waals surface area contributed by atoms with Crippen LogP contribution in [0.15, 0.2) is 18.2 Å². The van der Waals surface area contributed by atoms with Gasteiger partial charge >= 0.3 is 0 Å². The van der Waals surface area contributed by atoms with Gasteiger partial charge in [0.15, 0.2) is 0 Å². The Morgan fingerprint density at radius 2 is 2.21 bits per heavy atom. The maximum Gasteiger partial charge on any atom is 0.257 e. The topological polar surface area (TPSA) is 40.5 Å². The maximum atomic E-state index is 12.5. The summed E-state index contributed by atoms with van der Waals surface area (Å²) < 4.78 is 0. The van der Waals surface area contributed by atoms with Crippen LogP contribution in [0.1, 0.15) is 36.0 Å². The summed E-state index contributed by atoms with van der Waals surface area (Å²) in [6, 6.07) is 4.71.